The van der Waals surface area contributed by atoms with Gasteiger partial charge in [0, 0.05) is 18.2 Å². The molecule has 5 heteroatoms. The fourth-order valence-electron chi connectivity index (χ4n) is 4.34. The molecular formula is C20H23NO4. The number of esters is 1. The van der Waals surface area contributed by atoms with Crippen molar-refractivity contribution >= 4 is 17.6 Å². The molecule has 1 aromatic rings. The zero-order valence-corrected chi connectivity index (χ0v) is 14.3. The lowest BCUT2D eigenvalue weighted by Gasteiger charge is -2.24. The van der Waals surface area contributed by atoms with Gasteiger partial charge in [-0.1, -0.05) is 24.3 Å². The van der Waals surface area contributed by atoms with Gasteiger partial charge < -0.3 is 14.8 Å². The standard InChI is InChI=1S/C20H23NO4/c1-13-9-15-12-25-19(23)20(15,10-13)11-14-4-6-16(7-5-14)21-18(22)17-3-2-8-24-17/h4-7,15,17H,1-3,8-12H2,(H,21,22). The molecule has 0 radical (unpaired) electrons. The molecule has 3 aliphatic rings. The predicted molar refractivity (Wildman–Crippen MR) is 93.0 cm³/mol. The highest BCUT2D eigenvalue weighted by Crippen LogP contribution is 2.52. The van der Waals surface area contributed by atoms with Gasteiger partial charge in [-0.25, -0.2) is 0 Å². The number of amides is 1. The first-order valence-corrected chi connectivity index (χ1v) is 8.92. The van der Waals surface area contributed by atoms with Crippen LogP contribution in [0.4, 0.5) is 5.69 Å². The van der Waals surface area contributed by atoms with Crippen molar-refractivity contribution in [3.8, 4) is 0 Å². The van der Waals surface area contributed by atoms with Crippen LogP contribution in [0.1, 0.15) is 31.2 Å². The maximum absolute atomic E-state index is 12.4. The molecule has 4 rings (SSSR count). The summed E-state index contributed by atoms with van der Waals surface area (Å²) >= 11 is 0. The van der Waals surface area contributed by atoms with E-state index in [1.54, 1.807) is 0 Å². The topological polar surface area (TPSA) is 64.6 Å². The normalized spacial score (nSPS) is 31.0. The van der Waals surface area contributed by atoms with Crippen LogP contribution in [0.3, 0.4) is 0 Å². The van der Waals surface area contributed by atoms with E-state index in [1.807, 2.05) is 24.3 Å². The maximum atomic E-state index is 12.4. The number of anilines is 1. The lowest BCUT2D eigenvalue weighted by Crippen LogP contribution is -2.31. The van der Waals surface area contributed by atoms with Crippen LogP contribution in [0.5, 0.6) is 0 Å². The van der Waals surface area contributed by atoms with Gasteiger partial charge in [-0.15, -0.1) is 0 Å². The predicted octanol–water partition coefficient (Wildman–Crippen LogP) is 2.86. The molecule has 0 aromatic heterocycles. The smallest absolute Gasteiger partial charge is 0.313 e. The third-order valence-corrected chi connectivity index (χ3v) is 5.67. The number of carbonyl (C=O) groups is 2. The minimum absolute atomic E-state index is 0.0876. The molecule has 132 valence electrons. The number of ether oxygens (including phenoxy) is 2. The Balaban J connectivity index is 1.44. The van der Waals surface area contributed by atoms with Crippen LogP contribution < -0.4 is 5.32 Å². The highest BCUT2D eigenvalue weighted by atomic mass is 16.5. The minimum atomic E-state index is -0.445. The summed E-state index contributed by atoms with van der Waals surface area (Å²) in [5.41, 5.74) is 2.53. The third-order valence-electron chi connectivity index (χ3n) is 5.67. The molecule has 3 atom stereocenters. The molecule has 1 aromatic carbocycles. The summed E-state index contributed by atoms with van der Waals surface area (Å²) in [5.74, 6) is 0.0636. The summed E-state index contributed by atoms with van der Waals surface area (Å²) in [5, 5.41) is 2.90. The Labute approximate surface area is 147 Å². The monoisotopic (exact) mass is 341 g/mol. The molecule has 2 aliphatic heterocycles. The Kier molecular flexibility index (Phi) is 4.12. The number of hydrogen-bond donors (Lipinski definition) is 1. The average Bonchev–Trinajstić information content (AvgIpc) is 3.28. The molecule has 1 N–H and O–H groups in total. The summed E-state index contributed by atoms with van der Waals surface area (Å²) in [6, 6.07) is 7.73. The molecular weight excluding hydrogens is 318 g/mol. The summed E-state index contributed by atoms with van der Waals surface area (Å²) in [6.07, 6.45) is 3.63. The van der Waals surface area contributed by atoms with Crippen molar-refractivity contribution < 1.29 is 19.1 Å². The molecule has 1 amide bonds. The van der Waals surface area contributed by atoms with E-state index in [2.05, 4.69) is 11.9 Å². The Hall–Kier alpha value is -2.14. The van der Waals surface area contributed by atoms with Gasteiger partial charge >= 0.3 is 5.97 Å². The molecule has 2 heterocycles. The second-order valence-electron chi connectivity index (χ2n) is 7.45. The second kappa shape index (κ2) is 6.30. The third kappa shape index (κ3) is 2.97. The maximum Gasteiger partial charge on any atom is 0.313 e. The van der Waals surface area contributed by atoms with E-state index in [4.69, 9.17) is 9.47 Å². The van der Waals surface area contributed by atoms with Crippen LogP contribution in [0.25, 0.3) is 0 Å². The molecule has 3 fully saturated rings. The van der Waals surface area contributed by atoms with Crippen molar-refractivity contribution in [2.45, 2.75) is 38.2 Å². The van der Waals surface area contributed by atoms with E-state index in [0.717, 1.165) is 36.1 Å². The number of benzene rings is 1. The zero-order chi connectivity index (χ0) is 17.4. The van der Waals surface area contributed by atoms with Crippen LogP contribution in [0.2, 0.25) is 0 Å². The van der Waals surface area contributed by atoms with Gasteiger partial charge in [0.2, 0.25) is 0 Å². The van der Waals surface area contributed by atoms with Crippen molar-refractivity contribution in [1.82, 2.24) is 0 Å². The van der Waals surface area contributed by atoms with E-state index in [0.29, 0.717) is 26.1 Å². The lowest BCUT2D eigenvalue weighted by molar-refractivity contribution is -0.146. The Bertz CT molecular complexity index is 705. The molecule has 5 nitrogen and oxygen atoms in total. The van der Waals surface area contributed by atoms with E-state index >= 15 is 0 Å². The SMILES string of the molecule is C=C1CC2COC(=O)C2(Cc2ccc(NC(=O)C3CCCO3)cc2)C1. The first-order valence-electron chi connectivity index (χ1n) is 8.92. The molecule has 1 saturated carbocycles. The number of fused-ring (bicyclic) bond motifs is 1. The number of hydrogen-bond acceptors (Lipinski definition) is 4. The number of cyclic esters (lactones) is 1. The average molecular weight is 341 g/mol. The van der Waals surface area contributed by atoms with Gasteiger partial charge in [-0.2, -0.15) is 0 Å². The van der Waals surface area contributed by atoms with Crippen molar-refractivity contribution in [3.05, 3.63) is 42.0 Å². The van der Waals surface area contributed by atoms with Gasteiger partial charge in [-0.05, 0) is 49.8 Å². The summed E-state index contributed by atoms with van der Waals surface area (Å²) < 4.78 is 10.7. The van der Waals surface area contributed by atoms with Gasteiger partial charge in [0.1, 0.15) is 6.10 Å². The fraction of sp³-hybridized carbons (Fsp3) is 0.500. The summed E-state index contributed by atoms with van der Waals surface area (Å²) in [7, 11) is 0. The fourth-order valence-corrected chi connectivity index (χ4v) is 4.34. The second-order valence-corrected chi connectivity index (χ2v) is 7.45. The van der Waals surface area contributed by atoms with Crippen LogP contribution in [0, 0.1) is 11.3 Å². The number of allylic oxidation sites excluding steroid dienone is 1. The molecule has 2 saturated heterocycles. The molecule has 0 spiro atoms. The van der Waals surface area contributed by atoms with Crippen molar-refractivity contribution in [3.63, 3.8) is 0 Å². The highest BCUT2D eigenvalue weighted by molar-refractivity contribution is 5.94. The van der Waals surface area contributed by atoms with Crippen LogP contribution in [-0.4, -0.2) is 31.2 Å². The molecule has 25 heavy (non-hydrogen) atoms. The summed E-state index contributed by atoms with van der Waals surface area (Å²) in [4.78, 5) is 24.5. The van der Waals surface area contributed by atoms with E-state index < -0.39 is 5.41 Å². The lowest BCUT2D eigenvalue weighted by atomic mass is 9.75. The van der Waals surface area contributed by atoms with Crippen molar-refractivity contribution in [2.75, 3.05) is 18.5 Å². The van der Waals surface area contributed by atoms with Gasteiger partial charge in [0.05, 0.1) is 12.0 Å². The van der Waals surface area contributed by atoms with Gasteiger partial charge in [0.15, 0.2) is 0 Å². The first kappa shape index (κ1) is 16.3. The van der Waals surface area contributed by atoms with Crippen molar-refractivity contribution in [2.24, 2.45) is 11.3 Å². The van der Waals surface area contributed by atoms with E-state index in [-0.39, 0.29) is 23.9 Å². The number of carbonyl (C=O) groups excluding carboxylic acids is 2. The van der Waals surface area contributed by atoms with E-state index in [9.17, 15) is 9.59 Å². The van der Waals surface area contributed by atoms with E-state index in [1.165, 1.54) is 0 Å². The largest absolute Gasteiger partial charge is 0.465 e. The summed E-state index contributed by atoms with van der Waals surface area (Å²) in [6.45, 7) is 5.24. The highest BCUT2D eigenvalue weighted by Gasteiger charge is 2.55. The molecule has 0 bridgehead atoms. The Morgan fingerprint density at radius 1 is 1.32 bits per heavy atom. The quantitative estimate of drug-likeness (QED) is 0.676. The minimum Gasteiger partial charge on any atom is -0.465 e. The Morgan fingerprint density at radius 2 is 2.12 bits per heavy atom. The number of rotatable bonds is 4. The molecule has 1 aliphatic carbocycles. The van der Waals surface area contributed by atoms with Crippen molar-refractivity contribution in [1.29, 1.82) is 0 Å². The van der Waals surface area contributed by atoms with Crippen LogP contribution in [0.15, 0.2) is 36.4 Å². The zero-order valence-electron chi connectivity index (χ0n) is 14.3. The molecule has 3 unspecified atom stereocenters. The van der Waals surface area contributed by atoms with Gasteiger partial charge in [0.25, 0.3) is 5.91 Å². The van der Waals surface area contributed by atoms with Crippen LogP contribution in [-0.2, 0) is 25.5 Å². The number of nitrogens with one attached hydrogen (secondary N) is 1. The first-order chi connectivity index (χ1) is 12.1. The van der Waals surface area contributed by atoms with Crippen LogP contribution >= 0.6 is 0 Å². The van der Waals surface area contributed by atoms with Gasteiger partial charge in [-0.3, -0.25) is 9.59 Å². The Morgan fingerprint density at radius 3 is 2.84 bits per heavy atom.